The number of nitrogens with zero attached hydrogens (tertiary/aromatic N) is 5. The third-order valence-corrected chi connectivity index (χ3v) is 6.25. The lowest BCUT2D eigenvalue weighted by atomic mass is 10.00. The fourth-order valence-electron chi connectivity index (χ4n) is 4.34. The molecule has 2 atom stereocenters. The molecule has 37 heavy (non-hydrogen) atoms. The molecule has 0 bridgehead atoms. The summed E-state index contributed by atoms with van der Waals surface area (Å²) < 4.78 is 18.9. The Labute approximate surface area is 216 Å². The Kier molecular flexibility index (Phi) is 8.60. The van der Waals surface area contributed by atoms with Crippen LogP contribution in [0.2, 0.25) is 0 Å². The summed E-state index contributed by atoms with van der Waals surface area (Å²) in [4.78, 5) is 29.9. The first-order chi connectivity index (χ1) is 17.8. The highest BCUT2D eigenvalue weighted by atomic mass is 19.1. The van der Waals surface area contributed by atoms with Gasteiger partial charge in [0.15, 0.2) is 0 Å². The number of halogens is 1. The van der Waals surface area contributed by atoms with Crippen molar-refractivity contribution in [3.63, 3.8) is 0 Å². The Morgan fingerprint density at radius 1 is 1.16 bits per heavy atom. The van der Waals surface area contributed by atoms with E-state index in [2.05, 4.69) is 20.7 Å². The number of carbonyl (C=O) groups excluding carboxylic acids is 2. The molecular weight excluding hydrogens is 475 g/mol. The summed E-state index contributed by atoms with van der Waals surface area (Å²) >= 11 is 0. The minimum Gasteiger partial charge on any atom is -0.376 e. The van der Waals surface area contributed by atoms with E-state index in [-0.39, 0.29) is 42.0 Å². The number of aryl methyl sites for hydroxylation is 1. The molecule has 1 fully saturated rings. The lowest BCUT2D eigenvalue weighted by Gasteiger charge is -2.32. The zero-order chi connectivity index (χ0) is 26.4. The van der Waals surface area contributed by atoms with Crippen molar-refractivity contribution >= 4 is 17.5 Å². The number of hydrogen-bond donors (Lipinski definition) is 1. The number of anilines is 1. The molecule has 1 N–H and O–H groups in total. The Bertz CT molecular complexity index is 1190. The predicted octanol–water partition coefficient (Wildman–Crippen LogP) is 3.53. The monoisotopic (exact) mass is 508 g/mol. The molecule has 0 radical (unpaired) electrons. The fraction of sp³-hybridized carbons (Fsp3) is 0.444. The second-order valence-corrected chi connectivity index (χ2v) is 9.78. The number of benzene rings is 2. The summed E-state index contributed by atoms with van der Waals surface area (Å²) in [6.45, 7) is 6.91. The van der Waals surface area contributed by atoms with Gasteiger partial charge in [0, 0.05) is 24.4 Å². The van der Waals surface area contributed by atoms with Crippen molar-refractivity contribution in [1.82, 2.24) is 25.5 Å². The van der Waals surface area contributed by atoms with Gasteiger partial charge in [-0.25, -0.2) is 4.39 Å². The number of rotatable bonds is 10. The van der Waals surface area contributed by atoms with Gasteiger partial charge in [-0.15, -0.1) is 10.2 Å². The van der Waals surface area contributed by atoms with Crippen LogP contribution in [0.1, 0.15) is 38.7 Å². The van der Waals surface area contributed by atoms with E-state index in [4.69, 9.17) is 4.74 Å². The van der Waals surface area contributed by atoms with Crippen LogP contribution in [0.15, 0.2) is 48.5 Å². The van der Waals surface area contributed by atoms with Crippen LogP contribution in [0.4, 0.5) is 10.1 Å². The summed E-state index contributed by atoms with van der Waals surface area (Å²) in [7, 11) is 0. The summed E-state index contributed by atoms with van der Waals surface area (Å²) in [6.07, 6.45) is 2.36. The van der Waals surface area contributed by atoms with Gasteiger partial charge in [-0.2, -0.15) is 4.80 Å². The standard InChI is InChI=1S/C27H33FN6O3/c1-18(2)15-24(27(36)29-16-23-5-4-14-37-23)34(22-12-6-19(3)7-13-22)25(35)17-33-31-26(30-32-33)20-8-10-21(28)11-9-20/h6-13,18,23-24H,4-5,14-17H2,1-3H3,(H,29,36)/t23-,24-/m0/s1. The van der Waals surface area contributed by atoms with Gasteiger partial charge in [-0.3, -0.25) is 14.5 Å². The van der Waals surface area contributed by atoms with E-state index in [0.717, 1.165) is 18.4 Å². The van der Waals surface area contributed by atoms with E-state index < -0.39 is 6.04 Å². The summed E-state index contributed by atoms with van der Waals surface area (Å²) in [5.74, 6) is -0.493. The molecular formula is C27H33FN6O3. The van der Waals surface area contributed by atoms with Crippen LogP contribution < -0.4 is 10.2 Å². The Morgan fingerprint density at radius 3 is 2.54 bits per heavy atom. The van der Waals surface area contributed by atoms with Crippen LogP contribution in [0.25, 0.3) is 11.4 Å². The molecule has 0 unspecified atom stereocenters. The van der Waals surface area contributed by atoms with Crippen molar-refractivity contribution in [3.8, 4) is 11.4 Å². The molecule has 0 spiro atoms. The fourth-order valence-corrected chi connectivity index (χ4v) is 4.34. The molecule has 1 saturated heterocycles. The maximum Gasteiger partial charge on any atom is 0.251 e. The minimum absolute atomic E-state index is 0.00333. The number of amides is 2. The number of aromatic nitrogens is 4. The van der Waals surface area contributed by atoms with E-state index in [1.807, 2.05) is 45.0 Å². The quantitative estimate of drug-likeness (QED) is 0.450. The van der Waals surface area contributed by atoms with E-state index >= 15 is 0 Å². The molecule has 0 aliphatic carbocycles. The van der Waals surface area contributed by atoms with Crippen molar-refractivity contribution in [2.24, 2.45) is 5.92 Å². The lowest BCUT2D eigenvalue weighted by molar-refractivity contribution is -0.127. The average Bonchev–Trinajstić information content (AvgIpc) is 3.56. The van der Waals surface area contributed by atoms with Gasteiger partial charge in [0.2, 0.25) is 11.7 Å². The van der Waals surface area contributed by atoms with E-state index in [1.54, 1.807) is 12.1 Å². The maximum atomic E-state index is 13.7. The first kappa shape index (κ1) is 26.4. The number of ether oxygens (including phenoxy) is 1. The van der Waals surface area contributed by atoms with Crippen molar-refractivity contribution in [3.05, 3.63) is 59.9 Å². The van der Waals surface area contributed by atoms with Crippen molar-refractivity contribution in [2.75, 3.05) is 18.1 Å². The van der Waals surface area contributed by atoms with Gasteiger partial charge in [0.05, 0.1) is 6.10 Å². The van der Waals surface area contributed by atoms with Crippen molar-refractivity contribution in [1.29, 1.82) is 0 Å². The van der Waals surface area contributed by atoms with Gasteiger partial charge in [-0.1, -0.05) is 31.5 Å². The highest BCUT2D eigenvalue weighted by Crippen LogP contribution is 2.23. The van der Waals surface area contributed by atoms with E-state index in [9.17, 15) is 14.0 Å². The Morgan fingerprint density at radius 2 is 1.89 bits per heavy atom. The van der Waals surface area contributed by atoms with Crippen LogP contribution in [0.5, 0.6) is 0 Å². The highest BCUT2D eigenvalue weighted by Gasteiger charge is 2.33. The van der Waals surface area contributed by atoms with E-state index in [0.29, 0.717) is 30.8 Å². The van der Waals surface area contributed by atoms with Crippen molar-refractivity contribution < 1.29 is 18.7 Å². The Hall–Kier alpha value is -3.66. The molecule has 2 heterocycles. The molecule has 9 nitrogen and oxygen atoms in total. The predicted molar refractivity (Wildman–Crippen MR) is 137 cm³/mol. The second kappa shape index (κ2) is 12.1. The number of tetrazole rings is 1. The molecule has 1 aliphatic rings. The van der Waals surface area contributed by atoms with Gasteiger partial charge in [-0.05, 0) is 73.7 Å². The topological polar surface area (TPSA) is 102 Å². The first-order valence-electron chi connectivity index (χ1n) is 12.6. The normalized spacial score (nSPS) is 16.1. The minimum atomic E-state index is -0.725. The number of nitrogens with one attached hydrogen (secondary N) is 1. The summed E-state index contributed by atoms with van der Waals surface area (Å²) in [5.41, 5.74) is 2.25. The Balaban J connectivity index is 1.58. The largest absolute Gasteiger partial charge is 0.376 e. The van der Waals surface area contributed by atoms with Gasteiger partial charge in [0.25, 0.3) is 5.91 Å². The zero-order valence-electron chi connectivity index (χ0n) is 21.4. The van der Waals surface area contributed by atoms with Crippen LogP contribution in [0, 0.1) is 18.7 Å². The molecule has 3 aromatic rings. The smallest absolute Gasteiger partial charge is 0.251 e. The zero-order valence-corrected chi connectivity index (χ0v) is 21.4. The van der Waals surface area contributed by atoms with Crippen LogP contribution in [-0.2, 0) is 20.9 Å². The maximum absolute atomic E-state index is 13.7. The molecule has 4 rings (SSSR count). The molecule has 1 aliphatic heterocycles. The summed E-state index contributed by atoms with van der Waals surface area (Å²) in [6, 6.07) is 12.5. The molecule has 10 heteroatoms. The lowest BCUT2D eigenvalue weighted by Crippen LogP contribution is -2.52. The SMILES string of the molecule is Cc1ccc(N(C(=O)Cn2nnc(-c3ccc(F)cc3)n2)[C@@H](CC(C)C)C(=O)NC[C@@H]2CCCO2)cc1. The first-order valence-corrected chi connectivity index (χ1v) is 12.6. The molecule has 196 valence electrons. The van der Waals surface area contributed by atoms with Crippen LogP contribution in [-0.4, -0.2) is 57.3 Å². The molecule has 2 aromatic carbocycles. The number of carbonyl (C=O) groups is 2. The third kappa shape index (κ3) is 6.97. The third-order valence-electron chi connectivity index (χ3n) is 6.25. The number of hydrogen-bond acceptors (Lipinski definition) is 6. The molecule has 1 aromatic heterocycles. The molecule has 2 amide bonds. The average molecular weight is 509 g/mol. The van der Waals surface area contributed by atoms with Crippen LogP contribution in [0.3, 0.4) is 0 Å². The van der Waals surface area contributed by atoms with Gasteiger partial charge in [0.1, 0.15) is 18.4 Å². The van der Waals surface area contributed by atoms with Gasteiger partial charge >= 0.3 is 0 Å². The van der Waals surface area contributed by atoms with E-state index in [1.165, 1.54) is 21.8 Å². The summed E-state index contributed by atoms with van der Waals surface area (Å²) in [5, 5.41) is 15.3. The van der Waals surface area contributed by atoms with Crippen LogP contribution >= 0.6 is 0 Å². The van der Waals surface area contributed by atoms with Crippen molar-refractivity contribution in [2.45, 2.75) is 58.7 Å². The van der Waals surface area contributed by atoms with Gasteiger partial charge < -0.3 is 10.1 Å². The second-order valence-electron chi connectivity index (χ2n) is 9.78. The highest BCUT2D eigenvalue weighted by molar-refractivity contribution is 6.00. The molecule has 0 saturated carbocycles.